The Morgan fingerprint density at radius 2 is 2.19 bits per heavy atom. The van der Waals surface area contributed by atoms with Crippen LogP contribution in [0, 0.1) is 11.3 Å². The summed E-state index contributed by atoms with van der Waals surface area (Å²) < 4.78 is 28.7. The first-order chi connectivity index (χ1) is 12.8. The first kappa shape index (κ1) is 18.4. The monoisotopic (exact) mass is 370 g/mol. The minimum Gasteiger partial charge on any atom is -0.311 e. The molecular formula is C18H16F2N6O. The Labute approximate surface area is 153 Å². The van der Waals surface area contributed by atoms with Crippen molar-refractivity contribution in [3.8, 4) is 11.9 Å². The second kappa shape index (κ2) is 7.07. The van der Waals surface area contributed by atoms with Crippen molar-refractivity contribution >= 4 is 22.6 Å². The van der Waals surface area contributed by atoms with Gasteiger partial charge in [0.25, 0.3) is 5.92 Å². The molecule has 1 amide bonds. The predicted molar refractivity (Wildman–Crippen MR) is 94.5 cm³/mol. The molecule has 138 valence electrons. The maximum Gasteiger partial charge on any atom is 0.287 e. The number of halogens is 2. The van der Waals surface area contributed by atoms with E-state index in [1.807, 2.05) is 0 Å². The fourth-order valence-corrected chi connectivity index (χ4v) is 2.64. The van der Waals surface area contributed by atoms with Gasteiger partial charge in [0.1, 0.15) is 11.5 Å². The Kier molecular flexibility index (Phi) is 4.81. The lowest BCUT2D eigenvalue weighted by molar-refractivity contribution is -0.114. The molecule has 0 fully saturated rings. The number of hydrogen-bond acceptors (Lipinski definition) is 5. The largest absolute Gasteiger partial charge is 0.311 e. The van der Waals surface area contributed by atoms with Gasteiger partial charge in [-0.1, -0.05) is 6.07 Å². The number of nitriles is 1. The molecule has 0 unspecified atom stereocenters. The highest BCUT2D eigenvalue weighted by Crippen LogP contribution is 2.28. The molecule has 27 heavy (non-hydrogen) atoms. The van der Waals surface area contributed by atoms with Crippen molar-refractivity contribution in [1.82, 2.24) is 19.7 Å². The highest BCUT2D eigenvalue weighted by Gasteiger charge is 2.26. The summed E-state index contributed by atoms with van der Waals surface area (Å²) in [6, 6.07) is 7.94. The Morgan fingerprint density at radius 3 is 2.85 bits per heavy atom. The third-order valence-electron chi connectivity index (χ3n) is 3.82. The lowest BCUT2D eigenvalue weighted by Gasteiger charge is -2.11. The molecule has 7 nitrogen and oxygen atoms in total. The van der Waals surface area contributed by atoms with Crippen LogP contribution in [0.25, 0.3) is 16.7 Å². The van der Waals surface area contributed by atoms with E-state index in [4.69, 9.17) is 5.26 Å². The maximum absolute atomic E-state index is 13.7. The van der Waals surface area contributed by atoms with Gasteiger partial charge in [-0.2, -0.15) is 19.1 Å². The number of aryl methyl sites for hydroxylation is 1. The van der Waals surface area contributed by atoms with Crippen LogP contribution < -0.4 is 5.32 Å². The summed E-state index contributed by atoms with van der Waals surface area (Å²) in [5.41, 5.74) is 0.771. The minimum absolute atomic E-state index is 0.210. The highest BCUT2D eigenvalue weighted by molar-refractivity contribution is 5.91. The van der Waals surface area contributed by atoms with Crippen molar-refractivity contribution in [3.63, 3.8) is 0 Å². The molecular weight excluding hydrogens is 354 g/mol. The number of nitrogens with one attached hydrogen (secondary N) is 1. The van der Waals surface area contributed by atoms with Crippen LogP contribution in [0.4, 0.5) is 14.6 Å². The number of aromatic nitrogens is 4. The minimum atomic E-state index is -3.09. The van der Waals surface area contributed by atoms with E-state index in [9.17, 15) is 13.6 Å². The van der Waals surface area contributed by atoms with E-state index in [2.05, 4.69) is 26.5 Å². The van der Waals surface area contributed by atoms with Crippen LogP contribution in [0.3, 0.4) is 0 Å². The van der Waals surface area contributed by atoms with Crippen molar-refractivity contribution in [3.05, 3.63) is 41.9 Å². The number of amides is 1. The zero-order chi connectivity index (χ0) is 19.6. The molecule has 9 heteroatoms. The molecule has 0 aliphatic heterocycles. The molecule has 3 rings (SSSR count). The number of rotatable bonds is 5. The second-order valence-corrected chi connectivity index (χ2v) is 6.05. The summed E-state index contributed by atoms with van der Waals surface area (Å²) in [6.45, 7) is 2.13. The molecule has 0 radical (unpaired) electrons. The van der Waals surface area contributed by atoms with Crippen molar-refractivity contribution in [2.45, 2.75) is 32.6 Å². The van der Waals surface area contributed by atoms with E-state index < -0.39 is 5.92 Å². The Bertz CT molecular complexity index is 1050. The van der Waals surface area contributed by atoms with Crippen LogP contribution in [0.2, 0.25) is 0 Å². The van der Waals surface area contributed by atoms with Gasteiger partial charge in [-0.25, -0.2) is 14.6 Å². The number of carbonyl (C=O) groups excluding carboxylic acids is 1. The van der Waals surface area contributed by atoms with Crippen LogP contribution in [-0.4, -0.2) is 25.7 Å². The summed E-state index contributed by atoms with van der Waals surface area (Å²) in [6.07, 6.45) is 2.17. The average molecular weight is 370 g/mol. The zero-order valence-electron chi connectivity index (χ0n) is 14.7. The van der Waals surface area contributed by atoms with Crippen LogP contribution >= 0.6 is 0 Å². The third-order valence-corrected chi connectivity index (χ3v) is 3.82. The number of hydrogen-bond donors (Lipinski definition) is 1. The zero-order valence-corrected chi connectivity index (χ0v) is 14.7. The van der Waals surface area contributed by atoms with Gasteiger partial charge in [-0.3, -0.25) is 4.79 Å². The fraction of sp³-hybridized carbons (Fsp3) is 0.278. The van der Waals surface area contributed by atoms with Gasteiger partial charge in [0.2, 0.25) is 5.91 Å². The van der Waals surface area contributed by atoms with Crippen molar-refractivity contribution in [2.75, 3.05) is 5.32 Å². The summed E-state index contributed by atoms with van der Waals surface area (Å²) >= 11 is 0. The van der Waals surface area contributed by atoms with E-state index in [0.29, 0.717) is 28.8 Å². The van der Waals surface area contributed by atoms with Crippen LogP contribution in [-0.2, 0) is 17.1 Å². The maximum atomic E-state index is 13.7. The Morgan fingerprint density at radius 1 is 1.41 bits per heavy atom. The van der Waals surface area contributed by atoms with Crippen LogP contribution in [0.15, 0.2) is 30.5 Å². The van der Waals surface area contributed by atoms with Crippen LogP contribution in [0.5, 0.6) is 0 Å². The SMILES string of the molecule is CC(=O)Nc1cc2c(cn1)c(CCC#N)nn2-c1cccc(C(C)(F)F)n1. The van der Waals surface area contributed by atoms with Crippen molar-refractivity contribution in [1.29, 1.82) is 5.26 Å². The first-order valence-corrected chi connectivity index (χ1v) is 8.17. The predicted octanol–water partition coefficient (Wildman–Crippen LogP) is 3.34. The van der Waals surface area contributed by atoms with Crippen molar-refractivity contribution < 1.29 is 13.6 Å². The van der Waals surface area contributed by atoms with Gasteiger partial charge in [0.05, 0.1) is 17.3 Å². The normalized spacial score (nSPS) is 11.4. The smallest absolute Gasteiger partial charge is 0.287 e. The lowest BCUT2D eigenvalue weighted by Crippen LogP contribution is -2.12. The van der Waals surface area contributed by atoms with Crippen molar-refractivity contribution in [2.24, 2.45) is 0 Å². The van der Waals surface area contributed by atoms with E-state index in [-0.39, 0.29) is 23.8 Å². The van der Waals surface area contributed by atoms with Gasteiger partial charge >= 0.3 is 0 Å². The third kappa shape index (κ3) is 3.89. The Balaban J connectivity index is 2.18. The molecule has 0 aliphatic carbocycles. The Hall–Kier alpha value is -3.41. The number of nitrogens with zero attached hydrogens (tertiary/aromatic N) is 5. The summed E-state index contributed by atoms with van der Waals surface area (Å²) in [5.74, 6) is -2.86. The molecule has 0 bridgehead atoms. The molecule has 0 atom stereocenters. The number of pyridine rings is 2. The number of alkyl halides is 2. The molecule has 0 spiro atoms. The van der Waals surface area contributed by atoms with Gasteiger partial charge in [0.15, 0.2) is 5.82 Å². The summed E-state index contributed by atoms with van der Waals surface area (Å²) in [7, 11) is 0. The average Bonchev–Trinajstić information content (AvgIpc) is 2.97. The van der Waals surface area contributed by atoms with Gasteiger partial charge < -0.3 is 5.32 Å². The fourth-order valence-electron chi connectivity index (χ4n) is 2.64. The molecule has 0 aromatic carbocycles. The van der Waals surface area contributed by atoms with Gasteiger partial charge in [-0.05, 0) is 12.1 Å². The molecule has 3 aromatic heterocycles. The van der Waals surface area contributed by atoms with Crippen LogP contribution in [0.1, 0.15) is 31.7 Å². The number of fused-ring (bicyclic) bond motifs is 1. The molecule has 0 saturated heterocycles. The highest BCUT2D eigenvalue weighted by atomic mass is 19.3. The summed E-state index contributed by atoms with van der Waals surface area (Å²) in [4.78, 5) is 19.5. The molecule has 0 aliphatic rings. The summed E-state index contributed by atoms with van der Waals surface area (Å²) in [5, 5.41) is 16.5. The molecule has 3 aromatic rings. The van der Waals surface area contributed by atoms with Gasteiger partial charge in [-0.15, -0.1) is 0 Å². The molecule has 0 saturated carbocycles. The number of carbonyl (C=O) groups is 1. The lowest BCUT2D eigenvalue weighted by atomic mass is 10.2. The van der Waals surface area contributed by atoms with Gasteiger partial charge in [0, 0.05) is 44.3 Å². The first-order valence-electron chi connectivity index (χ1n) is 8.17. The quantitative estimate of drug-likeness (QED) is 0.743. The van der Waals surface area contributed by atoms with E-state index in [1.54, 1.807) is 12.1 Å². The second-order valence-electron chi connectivity index (χ2n) is 6.05. The van der Waals surface area contributed by atoms with E-state index >= 15 is 0 Å². The molecule has 1 N–H and O–H groups in total. The van der Waals surface area contributed by atoms with E-state index in [1.165, 1.54) is 29.9 Å². The van der Waals surface area contributed by atoms with E-state index in [0.717, 1.165) is 6.92 Å². The molecule has 3 heterocycles. The number of anilines is 1. The topological polar surface area (TPSA) is 96.5 Å². The standard InChI is InChI=1S/C18H16F2N6O/c1-11(27)23-16-9-14-12(10-22-16)13(5-4-8-21)25-26(14)17-7-3-6-15(24-17)18(2,19)20/h3,6-7,9-10H,4-5H2,1-2H3,(H,22,23,27).